The highest BCUT2D eigenvalue weighted by Gasteiger charge is 2.41. The molecule has 1 aliphatic rings. The Labute approximate surface area is 167 Å². The van der Waals surface area contributed by atoms with Gasteiger partial charge in [0.15, 0.2) is 16.6 Å². The number of hydrogen-bond donors (Lipinski definition) is 2. The number of thiocarbonyl (C=S) groups is 1. The minimum atomic E-state index is -0.204. The fraction of sp³-hybridized carbons (Fsp3) is 0.600. The van der Waals surface area contributed by atoms with Crippen molar-refractivity contribution in [3.05, 3.63) is 23.8 Å². The molecule has 0 spiro atoms. The van der Waals surface area contributed by atoms with Gasteiger partial charge >= 0.3 is 0 Å². The van der Waals surface area contributed by atoms with Crippen LogP contribution in [0.2, 0.25) is 0 Å². The molecular weight excluding hydrogens is 362 g/mol. The Kier molecular flexibility index (Phi) is 7.71. The third kappa shape index (κ3) is 5.03. The van der Waals surface area contributed by atoms with Gasteiger partial charge in [0, 0.05) is 37.2 Å². The number of nitrogens with one attached hydrogen (secondary N) is 2. The summed E-state index contributed by atoms with van der Waals surface area (Å²) in [5.41, 5.74) is 0.975. The van der Waals surface area contributed by atoms with Crippen molar-refractivity contribution in [2.24, 2.45) is 5.92 Å². The van der Waals surface area contributed by atoms with Crippen LogP contribution in [0.15, 0.2) is 18.2 Å². The molecule has 1 aliphatic heterocycles. The van der Waals surface area contributed by atoms with E-state index in [0.29, 0.717) is 36.2 Å². The maximum atomic E-state index is 12.9. The second kappa shape index (κ2) is 9.78. The molecule has 2 atom stereocenters. The van der Waals surface area contributed by atoms with Gasteiger partial charge in [-0.3, -0.25) is 4.79 Å². The minimum absolute atomic E-state index is 0.0289. The van der Waals surface area contributed by atoms with Crippen LogP contribution in [0.5, 0.6) is 11.5 Å². The molecule has 1 fully saturated rings. The molecule has 1 aromatic carbocycles. The first-order valence-corrected chi connectivity index (χ1v) is 9.87. The van der Waals surface area contributed by atoms with E-state index < -0.39 is 0 Å². The highest BCUT2D eigenvalue weighted by Crippen LogP contribution is 2.41. The molecular formula is C20H31N3O3S. The summed E-state index contributed by atoms with van der Waals surface area (Å²) in [4.78, 5) is 14.9. The molecule has 1 aromatic rings. The summed E-state index contributed by atoms with van der Waals surface area (Å²) < 4.78 is 11.1. The van der Waals surface area contributed by atoms with Crippen LogP contribution in [-0.4, -0.2) is 55.8 Å². The van der Waals surface area contributed by atoms with E-state index in [9.17, 15) is 4.79 Å². The number of carbonyl (C=O) groups excluding carboxylic acids is 1. The number of para-hydroxylation sites is 1. The molecule has 0 saturated carbocycles. The SMILES string of the molecule is CCCNC(=O)[C@H]1CN(C(=S)NC(C)C)C[C@@H]1c1cccc(OC)c1OC. The maximum absolute atomic E-state index is 12.9. The number of benzene rings is 1. The number of rotatable bonds is 7. The van der Waals surface area contributed by atoms with Crippen molar-refractivity contribution in [1.82, 2.24) is 15.5 Å². The predicted molar refractivity (Wildman–Crippen MR) is 112 cm³/mol. The zero-order valence-electron chi connectivity index (χ0n) is 16.9. The topological polar surface area (TPSA) is 62.8 Å². The number of likely N-dealkylation sites (tertiary alicyclic amines) is 1. The highest BCUT2D eigenvalue weighted by molar-refractivity contribution is 7.80. The Balaban J connectivity index is 2.35. The fourth-order valence-electron chi connectivity index (χ4n) is 3.47. The van der Waals surface area contributed by atoms with Crippen molar-refractivity contribution < 1.29 is 14.3 Å². The summed E-state index contributed by atoms with van der Waals surface area (Å²) in [7, 11) is 3.25. The lowest BCUT2D eigenvalue weighted by Gasteiger charge is -2.23. The van der Waals surface area contributed by atoms with Gasteiger partial charge in [0.05, 0.1) is 20.1 Å². The molecule has 0 radical (unpaired) electrons. The van der Waals surface area contributed by atoms with Gasteiger partial charge in [-0.05, 0) is 38.6 Å². The van der Waals surface area contributed by atoms with Crippen LogP contribution in [0, 0.1) is 5.92 Å². The zero-order valence-corrected chi connectivity index (χ0v) is 17.7. The number of methoxy groups -OCH3 is 2. The number of ether oxygens (including phenoxy) is 2. The first-order chi connectivity index (χ1) is 12.9. The van der Waals surface area contributed by atoms with Crippen LogP contribution < -0.4 is 20.1 Å². The monoisotopic (exact) mass is 393 g/mol. The van der Waals surface area contributed by atoms with Crippen LogP contribution in [0.1, 0.15) is 38.7 Å². The first-order valence-electron chi connectivity index (χ1n) is 9.46. The van der Waals surface area contributed by atoms with Crippen molar-refractivity contribution >= 4 is 23.2 Å². The zero-order chi connectivity index (χ0) is 20.0. The summed E-state index contributed by atoms with van der Waals surface area (Å²) >= 11 is 5.56. The van der Waals surface area contributed by atoms with E-state index in [0.717, 1.165) is 12.0 Å². The van der Waals surface area contributed by atoms with E-state index in [1.54, 1.807) is 14.2 Å². The normalized spacial score (nSPS) is 19.1. The molecule has 1 heterocycles. The van der Waals surface area contributed by atoms with Gasteiger partial charge in [-0.25, -0.2) is 0 Å². The lowest BCUT2D eigenvalue weighted by Crippen LogP contribution is -2.42. The smallest absolute Gasteiger partial charge is 0.225 e. The minimum Gasteiger partial charge on any atom is -0.493 e. The second-order valence-corrected chi connectivity index (χ2v) is 7.48. The Morgan fingerprint density at radius 1 is 1.30 bits per heavy atom. The number of carbonyl (C=O) groups is 1. The van der Waals surface area contributed by atoms with Crippen molar-refractivity contribution in [3.63, 3.8) is 0 Å². The molecule has 1 amide bonds. The quantitative estimate of drug-likeness (QED) is 0.694. The molecule has 150 valence electrons. The molecule has 0 unspecified atom stereocenters. The van der Waals surface area contributed by atoms with Crippen molar-refractivity contribution in [2.75, 3.05) is 33.9 Å². The van der Waals surface area contributed by atoms with Gasteiger partial charge in [0.1, 0.15) is 0 Å². The second-order valence-electron chi connectivity index (χ2n) is 7.10. The van der Waals surface area contributed by atoms with Gasteiger partial charge in [-0.2, -0.15) is 0 Å². The van der Waals surface area contributed by atoms with E-state index in [4.69, 9.17) is 21.7 Å². The molecule has 0 bridgehead atoms. The lowest BCUT2D eigenvalue weighted by molar-refractivity contribution is -0.124. The van der Waals surface area contributed by atoms with Gasteiger partial charge in [0.2, 0.25) is 5.91 Å². The Bertz CT molecular complexity index is 666. The molecule has 0 aliphatic carbocycles. The molecule has 7 heteroatoms. The van der Waals surface area contributed by atoms with Crippen LogP contribution in [0.25, 0.3) is 0 Å². The Hall–Kier alpha value is -2.02. The molecule has 0 aromatic heterocycles. The van der Waals surface area contributed by atoms with Crippen LogP contribution in [0.4, 0.5) is 0 Å². The number of nitrogens with zero attached hydrogens (tertiary/aromatic N) is 1. The summed E-state index contributed by atoms with van der Waals surface area (Å²) in [5.74, 6) is 1.18. The van der Waals surface area contributed by atoms with E-state index in [-0.39, 0.29) is 23.8 Å². The number of hydrogen-bond acceptors (Lipinski definition) is 4. The van der Waals surface area contributed by atoms with Gasteiger partial charge in [-0.15, -0.1) is 0 Å². The van der Waals surface area contributed by atoms with Crippen LogP contribution in [0.3, 0.4) is 0 Å². The van der Waals surface area contributed by atoms with Crippen molar-refractivity contribution in [3.8, 4) is 11.5 Å². The Morgan fingerprint density at radius 2 is 2.04 bits per heavy atom. The molecule has 2 rings (SSSR count). The fourth-order valence-corrected chi connectivity index (χ4v) is 3.86. The van der Waals surface area contributed by atoms with Crippen LogP contribution >= 0.6 is 12.2 Å². The van der Waals surface area contributed by atoms with Crippen molar-refractivity contribution in [1.29, 1.82) is 0 Å². The largest absolute Gasteiger partial charge is 0.493 e. The average Bonchev–Trinajstić information content (AvgIpc) is 3.10. The van der Waals surface area contributed by atoms with E-state index in [1.165, 1.54) is 0 Å². The highest BCUT2D eigenvalue weighted by atomic mass is 32.1. The summed E-state index contributed by atoms with van der Waals surface area (Å²) in [5, 5.41) is 7.00. The Morgan fingerprint density at radius 3 is 2.63 bits per heavy atom. The third-order valence-corrected chi connectivity index (χ3v) is 5.11. The number of amides is 1. The average molecular weight is 394 g/mol. The van der Waals surface area contributed by atoms with E-state index in [1.807, 2.05) is 25.1 Å². The lowest BCUT2D eigenvalue weighted by atomic mass is 9.87. The van der Waals surface area contributed by atoms with E-state index >= 15 is 0 Å². The third-order valence-electron chi connectivity index (χ3n) is 4.74. The summed E-state index contributed by atoms with van der Waals surface area (Å²) in [6.45, 7) is 8.07. The molecule has 27 heavy (non-hydrogen) atoms. The predicted octanol–water partition coefficient (Wildman–Crippen LogP) is 2.53. The molecule has 6 nitrogen and oxygen atoms in total. The van der Waals surface area contributed by atoms with Gasteiger partial charge in [0.25, 0.3) is 0 Å². The van der Waals surface area contributed by atoms with Gasteiger partial charge in [-0.1, -0.05) is 19.1 Å². The van der Waals surface area contributed by atoms with E-state index in [2.05, 4.69) is 29.4 Å². The molecule has 2 N–H and O–H groups in total. The first kappa shape index (κ1) is 21.3. The maximum Gasteiger partial charge on any atom is 0.225 e. The molecule has 1 saturated heterocycles. The van der Waals surface area contributed by atoms with Crippen molar-refractivity contribution in [2.45, 2.75) is 39.2 Å². The summed E-state index contributed by atoms with van der Waals surface area (Å²) in [6, 6.07) is 6.06. The standard InChI is InChI=1S/C20H31N3O3S/c1-6-10-21-19(24)16-12-23(20(27)22-13(2)3)11-15(16)14-8-7-9-17(25-4)18(14)26-5/h7-9,13,15-16H,6,10-12H2,1-5H3,(H,21,24)(H,22,27)/t15-,16+/m1/s1. The summed E-state index contributed by atoms with van der Waals surface area (Å²) in [6.07, 6.45) is 0.905. The van der Waals surface area contributed by atoms with Gasteiger partial charge < -0.3 is 25.0 Å². The van der Waals surface area contributed by atoms with Crippen LogP contribution in [-0.2, 0) is 4.79 Å².